The third-order valence-corrected chi connectivity index (χ3v) is 5.38. The van der Waals surface area contributed by atoms with Crippen LogP contribution in [-0.2, 0) is 13.0 Å². The van der Waals surface area contributed by atoms with Crippen molar-refractivity contribution in [2.75, 3.05) is 20.8 Å². The summed E-state index contributed by atoms with van der Waals surface area (Å²) in [6.45, 7) is 1.20. The molecule has 2 aromatic rings. The normalized spacial score (nSPS) is 20.6. The van der Waals surface area contributed by atoms with Crippen molar-refractivity contribution in [3.8, 4) is 11.5 Å². The van der Waals surface area contributed by atoms with Crippen LogP contribution in [0, 0.1) is 5.82 Å². The van der Waals surface area contributed by atoms with E-state index >= 15 is 0 Å². The molecule has 1 aliphatic heterocycles. The molecule has 2 aromatic carbocycles. The van der Waals surface area contributed by atoms with Gasteiger partial charge in [0.15, 0.2) is 11.5 Å². The number of carbonyl (C=O) groups excluding carboxylic acids is 1. The number of nitrogens with one attached hydrogen (secondary N) is 1. The highest BCUT2D eigenvalue weighted by molar-refractivity contribution is 5.75. The van der Waals surface area contributed by atoms with Crippen molar-refractivity contribution >= 4 is 6.03 Å². The van der Waals surface area contributed by atoms with E-state index in [0.29, 0.717) is 24.6 Å². The maximum atomic E-state index is 13.4. The van der Waals surface area contributed by atoms with E-state index in [9.17, 15) is 9.18 Å². The number of halogens is 1. The number of amides is 2. The fraction of sp³-hybridized carbons (Fsp3) is 0.381. The number of fused-ring (bicyclic) bond motifs is 1. The molecule has 0 radical (unpaired) electrons. The topological polar surface area (TPSA) is 50.8 Å². The second-order valence-corrected chi connectivity index (χ2v) is 7.10. The van der Waals surface area contributed by atoms with Crippen molar-refractivity contribution in [2.45, 2.75) is 31.3 Å². The van der Waals surface area contributed by atoms with Crippen LogP contribution in [0.3, 0.4) is 0 Å². The minimum Gasteiger partial charge on any atom is -0.493 e. The Morgan fingerprint density at radius 1 is 1.15 bits per heavy atom. The molecule has 142 valence electrons. The Balaban J connectivity index is 1.40. The molecule has 4 rings (SSSR count). The summed E-state index contributed by atoms with van der Waals surface area (Å²) in [5.41, 5.74) is 3.20. The molecule has 2 amide bonds. The van der Waals surface area contributed by atoms with Crippen molar-refractivity contribution in [2.24, 2.45) is 0 Å². The fourth-order valence-corrected chi connectivity index (χ4v) is 3.77. The highest BCUT2D eigenvalue weighted by Gasteiger charge is 2.40. The van der Waals surface area contributed by atoms with Crippen molar-refractivity contribution in [3.63, 3.8) is 0 Å². The summed E-state index contributed by atoms with van der Waals surface area (Å²) in [6, 6.07) is 10.6. The van der Waals surface area contributed by atoms with Crippen LogP contribution in [0.5, 0.6) is 11.5 Å². The highest BCUT2D eigenvalue weighted by atomic mass is 19.1. The predicted molar refractivity (Wildman–Crippen MR) is 99.7 cm³/mol. The molecule has 0 aromatic heterocycles. The summed E-state index contributed by atoms with van der Waals surface area (Å²) >= 11 is 0. The number of hydrogen-bond donors (Lipinski definition) is 1. The van der Waals surface area contributed by atoms with Crippen LogP contribution in [0.25, 0.3) is 0 Å². The summed E-state index contributed by atoms with van der Waals surface area (Å²) in [7, 11) is 3.23. The molecule has 1 N–H and O–H groups in total. The number of benzene rings is 2. The van der Waals surface area contributed by atoms with Gasteiger partial charge in [0.1, 0.15) is 5.82 Å². The molecule has 0 bridgehead atoms. The van der Waals surface area contributed by atoms with Crippen LogP contribution in [0.4, 0.5) is 9.18 Å². The van der Waals surface area contributed by atoms with Crippen LogP contribution in [0.15, 0.2) is 36.4 Å². The Bertz CT molecular complexity index is 871. The molecule has 5 nitrogen and oxygen atoms in total. The van der Waals surface area contributed by atoms with Crippen molar-refractivity contribution in [1.82, 2.24) is 10.2 Å². The average molecular weight is 370 g/mol. The number of ether oxygens (including phenoxy) is 2. The maximum Gasteiger partial charge on any atom is 0.317 e. The third kappa shape index (κ3) is 3.56. The lowest BCUT2D eigenvalue weighted by Gasteiger charge is -2.29. The van der Waals surface area contributed by atoms with Gasteiger partial charge in [0.05, 0.1) is 14.2 Å². The van der Waals surface area contributed by atoms with E-state index in [-0.39, 0.29) is 23.8 Å². The smallest absolute Gasteiger partial charge is 0.317 e. The molecule has 0 saturated heterocycles. The molecule has 1 fully saturated rings. The van der Waals surface area contributed by atoms with Gasteiger partial charge < -0.3 is 19.7 Å². The first-order valence-corrected chi connectivity index (χ1v) is 9.13. The van der Waals surface area contributed by atoms with Gasteiger partial charge in [0, 0.05) is 25.0 Å². The molecule has 2 atom stereocenters. The van der Waals surface area contributed by atoms with Gasteiger partial charge in [-0.25, -0.2) is 9.18 Å². The minimum absolute atomic E-state index is 0.0701. The predicted octanol–water partition coefficient (Wildman–Crippen LogP) is 3.47. The van der Waals surface area contributed by atoms with Crippen molar-refractivity contribution < 1.29 is 18.7 Å². The van der Waals surface area contributed by atoms with E-state index in [2.05, 4.69) is 5.32 Å². The van der Waals surface area contributed by atoms with Crippen LogP contribution in [-0.4, -0.2) is 37.7 Å². The Hall–Kier alpha value is -2.76. The van der Waals surface area contributed by atoms with Crippen LogP contribution < -0.4 is 14.8 Å². The summed E-state index contributed by atoms with van der Waals surface area (Å²) in [6.07, 6.45) is 1.63. The number of methoxy groups -OCH3 is 2. The Kier molecular flexibility index (Phi) is 4.64. The standard InChI is InChI=1S/C21H23FN2O3/c1-26-19-9-13-6-7-24(12-15(13)10-20(19)27-2)21(25)23-18-11-17(18)14-4-3-5-16(22)8-14/h3-5,8-10,17-18H,6-7,11-12H2,1-2H3,(H,23,25). The van der Waals surface area contributed by atoms with E-state index in [1.165, 1.54) is 11.6 Å². The lowest BCUT2D eigenvalue weighted by Crippen LogP contribution is -2.43. The molecule has 2 unspecified atom stereocenters. The maximum absolute atomic E-state index is 13.4. The summed E-state index contributed by atoms with van der Waals surface area (Å²) in [5.74, 6) is 1.35. The fourth-order valence-electron chi connectivity index (χ4n) is 3.77. The average Bonchev–Trinajstić information content (AvgIpc) is 3.45. The first kappa shape index (κ1) is 17.6. The number of rotatable bonds is 4. The summed E-state index contributed by atoms with van der Waals surface area (Å²) in [4.78, 5) is 14.5. The number of carbonyl (C=O) groups is 1. The first-order chi connectivity index (χ1) is 13.1. The van der Waals surface area contributed by atoms with E-state index in [4.69, 9.17) is 9.47 Å². The molecule has 0 spiro atoms. The zero-order valence-corrected chi connectivity index (χ0v) is 15.5. The van der Waals surface area contributed by atoms with Gasteiger partial charge in [-0.15, -0.1) is 0 Å². The molecule has 6 heteroatoms. The molecule has 1 saturated carbocycles. The molecule has 1 aliphatic carbocycles. The summed E-state index contributed by atoms with van der Waals surface area (Å²) in [5, 5.41) is 3.08. The zero-order valence-electron chi connectivity index (χ0n) is 15.5. The van der Waals surface area contributed by atoms with Gasteiger partial charge in [0.2, 0.25) is 0 Å². The third-order valence-electron chi connectivity index (χ3n) is 5.38. The zero-order chi connectivity index (χ0) is 19.0. The Labute approximate surface area is 158 Å². The largest absolute Gasteiger partial charge is 0.493 e. The lowest BCUT2D eigenvalue weighted by atomic mass is 9.99. The lowest BCUT2D eigenvalue weighted by molar-refractivity contribution is 0.191. The van der Waals surface area contributed by atoms with Gasteiger partial charge in [0.25, 0.3) is 0 Å². The Morgan fingerprint density at radius 2 is 1.89 bits per heavy atom. The van der Waals surface area contributed by atoms with Crippen LogP contribution in [0.1, 0.15) is 29.0 Å². The highest BCUT2D eigenvalue weighted by Crippen LogP contribution is 2.41. The molecule has 2 aliphatic rings. The van der Waals surface area contributed by atoms with Crippen molar-refractivity contribution in [1.29, 1.82) is 0 Å². The van der Waals surface area contributed by atoms with E-state index in [0.717, 1.165) is 24.0 Å². The number of urea groups is 1. The minimum atomic E-state index is -0.235. The first-order valence-electron chi connectivity index (χ1n) is 9.13. The van der Waals surface area contributed by atoms with Gasteiger partial charge in [-0.05, 0) is 53.8 Å². The van der Waals surface area contributed by atoms with Gasteiger partial charge in [-0.1, -0.05) is 12.1 Å². The second kappa shape index (κ2) is 7.10. The Morgan fingerprint density at radius 3 is 2.59 bits per heavy atom. The molecule has 1 heterocycles. The van der Waals surface area contributed by atoms with E-state index in [1.807, 2.05) is 23.1 Å². The van der Waals surface area contributed by atoms with Gasteiger partial charge in [-0.2, -0.15) is 0 Å². The summed E-state index contributed by atoms with van der Waals surface area (Å²) < 4.78 is 24.1. The quantitative estimate of drug-likeness (QED) is 0.897. The molecule has 27 heavy (non-hydrogen) atoms. The van der Waals surface area contributed by atoms with Crippen LogP contribution in [0.2, 0.25) is 0 Å². The van der Waals surface area contributed by atoms with E-state index in [1.54, 1.807) is 26.4 Å². The van der Waals surface area contributed by atoms with Gasteiger partial charge in [-0.3, -0.25) is 0 Å². The monoisotopic (exact) mass is 370 g/mol. The van der Waals surface area contributed by atoms with E-state index < -0.39 is 0 Å². The second-order valence-electron chi connectivity index (χ2n) is 7.10. The van der Waals surface area contributed by atoms with Gasteiger partial charge >= 0.3 is 6.03 Å². The van der Waals surface area contributed by atoms with Crippen molar-refractivity contribution in [3.05, 3.63) is 58.9 Å². The van der Waals surface area contributed by atoms with Crippen LogP contribution >= 0.6 is 0 Å². The number of nitrogens with zero attached hydrogens (tertiary/aromatic N) is 1. The molecular formula is C21H23FN2O3. The SMILES string of the molecule is COc1cc2c(cc1OC)CN(C(=O)NC1CC1c1cccc(F)c1)CC2. The number of hydrogen-bond acceptors (Lipinski definition) is 3. The molecular weight excluding hydrogens is 347 g/mol.